The number of amides is 1. The van der Waals surface area contributed by atoms with Crippen molar-refractivity contribution in [1.82, 2.24) is 19.6 Å². The van der Waals surface area contributed by atoms with Gasteiger partial charge in [-0.25, -0.2) is 0 Å². The first-order valence-electron chi connectivity index (χ1n) is 6.38. The van der Waals surface area contributed by atoms with Gasteiger partial charge in [-0.2, -0.15) is 10.2 Å². The number of nitrogens with one attached hydrogen (secondary N) is 1. The highest BCUT2D eigenvalue weighted by Gasteiger charge is 2.11. The predicted octanol–water partition coefficient (Wildman–Crippen LogP) is 2.33. The molecule has 1 N–H and O–H groups in total. The van der Waals surface area contributed by atoms with Gasteiger partial charge in [-0.1, -0.05) is 0 Å². The molecular formula is C13H18BrN5O. The van der Waals surface area contributed by atoms with Crippen molar-refractivity contribution < 1.29 is 4.79 Å². The Kier molecular flexibility index (Phi) is 4.27. The van der Waals surface area contributed by atoms with Crippen molar-refractivity contribution >= 4 is 27.5 Å². The van der Waals surface area contributed by atoms with Crippen LogP contribution in [-0.4, -0.2) is 25.5 Å². The van der Waals surface area contributed by atoms with Crippen LogP contribution >= 0.6 is 15.9 Å². The zero-order chi connectivity index (χ0) is 14.9. The maximum atomic E-state index is 11.9. The molecule has 0 radical (unpaired) electrons. The van der Waals surface area contributed by atoms with Gasteiger partial charge in [0.1, 0.15) is 0 Å². The molecule has 1 amide bonds. The molecule has 20 heavy (non-hydrogen) atoms. The summed E-state index contributed by atoms with van der Waals surface area (Å²) < 4.78 is 4.53. The van der Waals surface area contributed by atoms with Crippen molar-refractivity contribution in [1.29, 1.82) is 0 Å². The first kappa shape index (κ1) is 14.8. The smallest absolute Gasteiger partial charge is 0.226 e. The van der Waals surface area contributed by atoms with Crippen molar-refractivity contribution in [3.63, 3.8) is 0 Å². The summed E-state index contributed by atoms with van der Waals surface area (Å²) >= 11 is 3.48. The van der Waals surface area contributed by atoms with E-state index in [9.17, 15) is 4.79 Å². The van der Waals surface area contributed by atoms with Crippen LogP contribution in [0.25, 0.3) is 0 Å². The minimum atomic E-state index is -0.0372. The number of hydrogen-bond donors (Lipinski definition) is 1. The van der Waals surface area contributed by atoms with Gasteiger partial charge in [0.15, 0.2) is 0 Å². The molecule has 6 nitrogen and oxygen atoms in total. The number of carbonyl (C=O) groups is 1. The third-order valence-corrected chi connectivity index (χ3v) is 4.28. The average Bonchev–Trinajstić information content (AvgIpc) is 2.81. The van der Waals surface area contributed by atoms with Gasteiger partial charge in [0.25, 0.3) is 0 Å². The van der Waals surface area contributed by atoms with Gasteiger partial charge < -0.3 is 5.32 Å². The third-order valence-electron chi connectivity index (χ3n) is 3.13. The molecule has 0 aliphatic heterocycles. The largest absolute Gasteiger partial charge is 0.323 e. The average molecular weight is 340 g/mol. The lowest BCUT2D eigenvalue weighted by Gasteiger charge is -2.05. The first-order chi connectivity index (χ1) is 9.38. The molecule has 2 rings (SSSR count). The number of aryl methyl sites for hydroxylation is 4. The number of nitrogens with zero attached hydrogens (tertiary/aromatic N) is 4. The minimum Gasteiger partial charge on any atom is -0.323 e. The summed E-state index contributed by atoms with van der Waals surface area (Å²) in [5.74, 6) is -0.0372. The van der Waals surface area contributed by atoms with Crippen molar-refractivity contribution in [2.24, 2.45) is 7.05 Å². The molecule has 0 aliphatic carbocycles. The van der Waals surface area contributed by atoms with Crippen LogP contribution in [0, 0.1) is 20.8 Å². The minimum absolute atomic E-state index is 0.0372. The van der Waals surface area contributed by atoms with Crippen LogP contribution in [0.4, 0.5) is 5.69 Å². The highest BCUT2D eigenvalue weighted by Crippen LogP contribution is 2.20. The summed E-state index contributed by atoms with van der Waals surface area (Å²) in [5.41, 5.74) is 3.54. The fourth-order valence-corrected chi connectivity index (χ4v) is 2.32. The summed E-state index contributed by atoms with van der Waals surface area (Å²) in [6.45, 7) is 6.34. The molecule has 0 aliphatic rings. The number of aromatic nitrogens is 4. The van der Waals surface area contributed by atoms with E-state index in [2.05, 4.69) is 31.4 Å². The second kappa shape index (κ2) is 5.78. The van der Waals surface area contributed by atoms with Crippen molar-refractivity contribution in [2.45, 2.75) is 33.7 Å². The van der Waals surface area contributed by atoms with Gasteiger partial charge in [0.05, 0.1) is 28.1 Å². The molecule has 2 heterocycles. The number of hydrogen-bond acceptors (Lipinski definition) is 3. The summed E-state index contributed by atoms with van der Waals surface area (Å²) in [6.07, 6.45) is 2.18. The summed E-state index contributed by atoms with van der Waals surface area (Å²) in [5, 5.41) is 11.4. The molecule has 108 valence electrons. The molecule has 2 aromatic heterocycles. The summed E-state index contributed by atoms with van der Waals surface area (Å²) in [7, 11) is 1.83. The van der Waals surface area contributed by atoms with Gasteiger partial charge >= 0.3 is 0 Å². The molecule has 0 spiro atoms. The summed E-state index contributed by atoms with van der Waals surface area (Å²) in [6, 6.07) is 0. The second-order valence-corrected chi connectivity index (χ2v) is 5.60. The van der Waals surface area contributed by atoms with Gasteiger partial charge in [-0.15, -0.1) is 0 Å². The molecule has 0 atom stereocenters. The molecule has 0 unspecified atom stereocenters. The van der Waals surface area contributed by atoms with Crippen molar-refractivity contribution in [2.75, 3.05) is 5.32 Å². The van der Waals surface area contributed by atoms with Crippen molar-refractivity contribution in [3.05, 3.63) is 27.8 Å². The lowest BCUT2D eigenvalue weighted by molar-refractivity contribution is -0.116. The summed E-state index contributed by atoms with van der Waals surface area (Å²) in [4.78, 5) is 11.9. The maximum absolute atomic E-state index is 11.9. The zero-order valence-electron chi connectivity index (χ0n) is 12.1. The Morgan fingerprint density at radius 1 is 1.30 bits per heavy atom. The molecule has 2 aromatic rings. The fraction of sp³-hybridized carbons (Fsp3) is 0.462. The van der Waals surface area contributed by atoms with E-state index in [1.807, 2.05) is 32.5 Å². The molecule has 0 bridgehead atoms. The SMILES string of the molecule is Cc1nn(C)cc1NC(=O)CCn1nc(C)c(Br)c1C. The van der Waals surface area contributed by atoms with Crippen LogP contribution in [0.15, 0.2) is 10.7 Å². The Hall–Kier alpha value is -1.63. The van der Waals surface area contributed by atoms with Gasteiger partial charge in [0.2, 0.25) is 5.91 Å². The van der Waals surface area contributed by atoms with E-state index in [4.69, 9.17) is 0 Å². The van der Waals surface area contributed by atoms with Crippen LogP contribution in [-0.2, 0) is 18.4 Å². The Labute approximate surface area is 126 Å². The Morgan fingerprint density at radius 2 is 2.00 bits per heavy atom. The van der Waals surface area contributed by atoms with Crippen LogP contribution < -0.4 is 5.32 Å². The van der Waals surface area contributed by atoms with Crippen LogP contribution in [0.1, 0.15) is 23.5 Å². The number of anilines is 1. The molecule has 0 aromatic carbocycles. The van der Waals surface area contributed by atoms with Crippen LogP contribution in [0.2, 0.25) is 0 Å². The standard InChI is InChI=1S/C13H18BrN5O/c1-8-11(7-18(4)16-8)15-12(20)5-6-19-10(3)13(14)9(2)17-19/h7H,5-6H2,1-4H3,(H,15,20). The van der Waals surface area contributed by atoms with E-state index in [-0.39, 0.29) is 5.91 Å². The fourth-order valence-electron chi connectivity index (χ4n) is 2.04. The van der Waals surface area contributed by atoms with Gasteiger partial charge in [-0.3, -0.25) is 14.2 Å². The topological polar surface area (TPSA) is 64.7 Å². The normalized spacial score (nSPS) is 10.8. The lowest BCUT2D eigenvalue weighted by atomic mass is 10.3. The van der Waals surface area contributed by atoms with E-state index in [0.717, 1.165) is 27.2 Å². The maximum Gasteiger partial charge on any atom is 0.226 e. The highest BCUT2D eigenvalue weighted by molar-refractivity contribution is 9.10. The molecular weight excluding hydrogens is 322 g/mol. The van der Waals surface area contributed by atoms with E-state index in [0.29, 0.717) is 13.0 Å². The quantitative estimate of drug-likeness (QED) is 0.929. The van der Waals surface area contributed by atoms with Crippen LogP contribution in [0.3, 0.4) is 0 Å². The number of carbonyl (C=O) groups excluding carboxylic acids is 1. The van der Waals surface area contributed by atoms with E-state index >= 15 is 0 Å². The Morgan fingerprint density at radius 3 is 2.50 bits per heavy atom. The number of rotatable bonds is 4. The van der Waals surface area contributed by atoms with Gasteiger partial charge in [-0.05, 0) is 36.7 Å². The van der Waals surface area contributed by atoms with Crippen molar-refractivity contribution in [3.8, 4) is 0 Å². The Balaban J connectivity index is 1.95. The monoisotopic (exact) mass is 339 g/mol. The molecule has 7 heteroatoms. The lowest BCUT2D eigenvalue weighted by Crippen LogP contribution is -2.15. The van der Waals surface area contributed by atoms with E-state index in [1.165, 1.54) is 0 Å². The van der Waals surface area contributed by atoms with Crippen LogP contribution in [0.5, 0.6) is 0 Å². The first-order valence-corrected chi connectivity index (χ1v) is 7.17. The second-order valence-electron chi connectivity index (χ2n) is 4.81. The highest BCUT2D eigenvalue weighted by atomic mass is 79.9. The van der Waals surface area contributed by atoms with E-state index in [1.54, 1.807) is 10.9 Å². The number of halogens is 1. The molecule has 0 saturated carbocycles. The zero-order valence-corrected chi connectivity index (χ0v) is 13.7. The third kappa shape index (κ3) is 3.09. The van der Waals surface area contributed by atoms with Gasteiger partial charge in [0, 0.05) is 25.4 Å². The predicted molar refractivity (Wildman–Crippen MR) is 80.6 cm³/mol. The van der Waals surface area contributed by atoms with E-state index < -0.39 is 0 Å². The molecule has 0 fully saturated rings. The Bertz CT molecular complexity index is 643. The molecule has 0 saturated heterocycles.